The van der Waals surface area contributed by atoms with Crippen LogP contribution in [0, 0.1) is 5.92 Å². The highest BCUT2D eigenvalue weighted by Crippen LogP contribution is 2.29. The Balaban J connectivity index is 2.92. The minimum atomic E-state index is 0.692. The van der Waals surface area contributed by atoms with Gasteiger partial charge in [-0.25, -0.2) is 0 Å². The first-order chi connectivity index (χ1) is 4.61. The highest BCUT2D eigenvalue weighted by Gasteiger charge is 2.12. The zero-order chi connectivity index (χ0) is 7.72. The summed E-state index contributed by atoms with van der Waals surface area (Å²) in [5, 5.41) is 0. The normalized spacial score (nSPS) is 26.8. The molecule has 0 aliphatic heterocycles. The Morgan fingerprint density at radius 1 is 1.50 bits per heavy atom. The van der Waals surface area contributed by atoms with Gasteiger partial charge in [0.15, 0.2) is 0 Å². The minimum absolute atomic E-state index is 0.692. The van der Waals surface area contributed by atoms with E-state index in [-0.39, 0.29) is 0 Å². The molecule has 0 spiro atoms. The van der Waals surface area contributed by atoms with Crippen molar-refractivity contribution in [2.75, 3.05) is 0 Å². The van der Waals surface area contributed by atoms with Crippen LogP contribution in [-0.2, 0) is 0 Å². The van der Waals surface area contributed by atoms with Crippen LogP contribution in [0.5, 0.6) is 0 Å². The molecule has 1 aliphatic rings. The maximum Gasteiger partial charge on any atom is 0.00314 e. The molecular weight excluding hydrogens is 140 g/mol. The summed E-state index contributed by atoms with van der Waals surface area (Å²) < 4.78 is 0. The van der Waals surface area contributed by atoms with Crippen molar-refractivity contribution in [2.45, 2.75) is 27.2 Å². The van der Waals surface area contributed by atoms with E-state index in [1.807, 2.05) is 0 Å². The van der Waals surface area contributed by atoms with Crippen molar-refractivity contribution < 1.29 is 0 Å². The van der Waals surface area contributed by atoms with E-state index in [4.69, 9.17) is 0 Å². The molecular formula is C9H14S. The fourth-order valence-electron chi connectivity index (χ4n) is 1.29. The molecule has 0 aromatic carbocycles. The SMILES string of the molecule is CC1=CC(S)=C(C)C(C)C1. The van der Waals surface area contributed by atoms with Crippen LogP contribution < -0.4 is 0 Å². The Hall–Kier alpha value is -0.170. The molecule has 0 bridgehead atoms. The first-order valence-electron chi connectivity index (χ1n) is 3.68. The number of hydrogen-bond donors (Lipinski definition) is 1. The van der Waals surface area contributed by atoms with Crippen LogP contribution in [0.2, 0.25) is 0 Å². The highest BCUT2D eigenvalue weighted by atomic mass is 32.1. The summed E-state index contributed by atoms with van der Waals surface area (Å²) >= 11 is 4.38. The molecule has 0 heterocycles. The number of thiol groups is 1. The largest absolute Gasteiger partial charge is 0.143 e. The van der Waals surface area contributed by atoms with E-state index >= 15 is 0 Å². The minimum Gasteiger partial charge on any atom is -0.143 e. The summed E-state index contributed by atoms with van der Waals surface area (Å²) in [5.74, 6) is 0.692. The molecule has 0 saturated carbocycles. The van der Waals surface area contributed by atoms with Gasteiger partial charge in [-0.2, -0.15) is 0 Å². The van der Waals surface area contributed by atoms with Gasteiger partial charge in [-0.15, -0.1) is 12.6 Å². The smallest absolute Gasteiger partial charge is 0.00314 e. The van der Waals surface area contributed by atoms with Gasteiger partial charge in [0.1, 0.15) is 0 Å². The molecule has 1 unspecified atom stereocenters. The van der Waals surface area contributed by atoms with Crippen LogP contribution in [0.1, 0.15) is 27.2 Å². The van der Waals surface area contributed by atoms with Gasteiger partial charge in [-0.1, -0.05) is 18.1 Å². The number of allylic oxidation sites excluding steroid dienone is 3. The zero-order valence-electron chi connectivity index (χ0n) is 6.81. The van der Waals surface area contributed by atoms with Crippen LogP contribution in [0.3, 0.4) is 0 Å². The highest BCUT2D eigenvalue weighted by molar-refractivity contribution is 7.84. The van der Waals surface area contributed by atoms with Crippen molar-refractivity contribution in [3.8, 4) is 0 Å². The lowest BCUT2D eigenvalue weighted by Crippen LogP contribution is -2.03. The van der Waals surface area contributed by atoms with Crippen LogP contribution in [0.25, 0.3) is 0 Å². The van der Waals surface area contributed by atoms with Gasteiger partial charge >= 0.3 is 0 Å². The monoisotopic (exact) mass is 154 g/mol. The maximum absolute atomic E-state index is 4.38. The molecule has 0 amide bonds. The van der Waals surface area contributed by atoms with E-state index in [2.05, 4.69) is 39.5 Å². The van der Waals surface area contributed by atoms with Crippen molar-refractivity contribution in [2.24, 2.45) is 5.92 Å². The lowest BCUT2D eigenvalue weighted by molar-refractivity contribution is 0.660. The van der Waals surface area contributed by atoms with Gasteiger partial charge in [0.05, 0.1) is 0 Å². The van der Waals surface area contributed by atoms with Gasteiger partial charge in [-0.3, -0.25) is 0 Å². The van der Waals surface area contributed by atoms with E-state index in [1.54, 1.807) is 0 Å². The molecule has 0 fully saturated rings. The molecule has 0 saturated heterocycles. The molecule has 0 aromatic rings. The van der Waals surface area contributed by atoms with Crippen molar-refractivity contribution >= 4 is 12.6 Å². The second-order valence-corrected chi connectivity index (χ2v) is 3.65. The lowest BCUT2D eigenvalue weighted by Gasteiger charge is -2.19. The van der Waals surface area contributed by atoms with Gasteiger partial charge < -0.3 is 0 Å². The van der Waals surface area contributed by atoms with E-state index in [1.165, 1.54) is 17.6 Å². The summed E-state index contributed by atoms with van der Waals surface area (Å²) in [6.45, 7) is 6.58. The Morgan fingerprint density at radius 2 is 2.10 bits per heavy atom. The van der Waals surface area contributed by atoms with Gasteiger partial charge in [-0.05, 0) is 32.3 Å². The molecule has 0 aromatic heterocycles. The number of rotatable bonds is 0. The molecule has 56 valence electrons. The van der Waals surface area contributed by atoms with Crippen LogP contribution in [0.15, 0.2) is 22.1 Å². The summed E-state index contributed by atoms with van der Waals surface area (Å²) in [5.41, 5.74) is 2.87. The second kappa shape index (κ2) is 2.83. The Labute approximate surface area is 68.4 Å². The van der Waals surface area contributed by atoms with E-state index in [9.17, 15) is 0 Å². The first-order valence-corrected chi connectivity index (χ1v) is 4.13. The molecule has 1 rings (SSSR count). The third kappa shape index (κ3) is 1.46. The standard InChI is InChI=1S/C9H14S/c1-6-4-7(2)8(3)9(10)5-6/h5,7,10H,4H2,1-3H3. The summed E-state index contributed by atoms with van der Waals surface area (Å²) in [6, 6.07) is 0. The Kier molecular flexibility index (Phi) is 2.24. The lowest BCUT2D eigenvalue weighted by atomic mass is 9.90. The van der Waals surface area contributed by atoms with E-state index in [0.717, 1.165) is 4.91 Å². The fraction of sp³-hybridized carbons (Fsp3) is 0.556. The average molecular weight is 154 g/mol. The Morgan fingerprint density at radius 3 is 2.60 bits per heavy atom. The van der Waals surface area contributed by atoms with Crippen molar-refractivity contribution in [1.82, 2.24) is 0 Å². The van der Waals surface area contributed by atoms with Gasteiger partial charge in [0.2, 0.25) is 0 Å². The maximum atomic E-state index is 4.38. The van der Waals surface area contributed by atoms with Gasteiger partial charge in [0, 0.05) is 4.91 Å². The van der Waals surface area contributed by atoms with Crippen LogP contribution in [-0.4, -0.2) is 0 Å². The van der Waals surface area contributed by atoms with E-state index < -0.39 is 0 Å². The molecule has 0 radical (unpaired) electrons. The second-order valence-electron chi connectivity index (χ2n) is 3.16. The van der Waals surface area contributed by atoms with Crippen molar-refractivity contribution in [1.29, 1.82) is 0 Å². The average Bonchev–Trinajstić information content (AvgIpc) is 1.82. The zero-order valence-corrected chi connectivity index (χ0v) is 7.70. The third-order valence-electron chi connectivity index (χ3n) is 2.15. The molecule has 1 aliphatic carbocycles. The topological polar surface area (TPSA) is 0 Å². The van der Waals surface area contributed by atoms with Crippen molar-refractivity contribution in [3.63, 3.8) is 0 Å². The quantitative estimate of drug-likeness (QED) is 0.509. The van der Waals surface area contributed by atoms with Crippen molar-refractivity contribution in [3.05, 3.63) is 22.1 Å². The predicted octanol–water partition coefficient (Wildman–Crippen LogP) is 3.18. The molecule has 0 nitrogen and oxygen atoms in total. The van der Waals surface area contributed by atoms with Gasteiger partial charge in [0.25, 0.3) is 0 Å². The first kappa shape index (κ1) is 7.93. The van der Waals surface area contributed by atoms with Crippen LogP contribution >= 0.6 is 12.6 Å². The predicted molar refractivity (Wildman–Crippen MR) is 49.2 cm³/mol. The van der Waals surface area contributed by atoms with Crippen LogP contribution in [0.4, 0.5) is 0 Å². The number of hydrogen-bond acceptors (Lipinski definition) is 1. The molecule has 0 N–H and O–H groups in total. The molecule has 1 heteroatoms. The molecule has 10 heavy (non-hydrogen) atoms. The van der Waals surface area contributed by atoms with E-state index in [0.29, 0.717) is 5.92 Å². The summed E-state index contributed by atoms with van der Waals surface area (Å²) in [6.07, 6.45) is 3.37. The third-order valence-corrected chi connectivity index (χ3v) is 2.64. The Bertz CT molecular complexity index is 199. The molecule has 1 atom stereocenters. The summed E-state index contributed by atoms with van der Waals surface area (Å²) in [7, 11) is 0. The summed E-state index contributed by atoms with van der Waals surface area (Å²) in [4.78, 5) is 1.16. The fourth-order valence-corrected chi connectivity index (χ4v) is 1.74.